The molecule has 0 aromatic heterocycles. The first-order valence-electron chi connectivity index (χ1n) is 5.62. The van der Waals surface area contributed by atoms with Crippen molar-refractivity contribution in [1.29, 1.82) is 0 Å². The standard InChI is InChI=1S/C11H25NS/c1-4-9-12-11(3)8-6-7-10-13-5-2/h11-12H,4-10H2,1-3H3. The number of rotatable bonds is 9. The molecular weight excluding hydrogens is 178 g/mol. The van der Waals surface area contributed by atoms with Crippen LogP contribution < -0.4 is 5.32 Å². The maximum Gasteiger partial charge on any atom is 0.00387 e. The third kappa shape index (κ3) is 10.2. The van der Waals surface area contributed by atoms with Gasteiger partial charge >= 0.3 is 0 Å². The monoisotopic (exact) mass is 203 g/mol. The van der Waals surface area contributed by atoms with Crippen LogP contribution in [0.15, 0.2) is 0 Å². The Labute approximate surface area is 88.1 Å². The van der Waals surface area contributed by atoms with Gasteiger partial charge in [0.1, 0.15) is 0 Å². The fourth-order valence-electron chi connectivity index (χ4n) is 1.29. The van der Waals surface area contributed by atoms with Gasteiger partial charge in [-0.3, -0.25) is 0 Å². The Morgan fingerprint density at radius 2 is 2.00 bits per heavy atom. The molecule has 0 aliphatic rings. The van der Waals surface area contributed by atoms with Gasteiger partial charge in [0.05, 0.1) is 0 Å². The smallest absolute Gasteiger partial charge is 0.00387 e. The average molecular weight is 203 g/mol. The number of nitrogens with one attached hydrogen (secondary N) is 1. The Bertz CT molecular complexity index is 96.1. The first-order chi connectivity index (χ1) is 6.31. The van der Waals surface area contributed by atoms with Gasteiger partial charge in [-0.1, -0.05) is 20.3 Å². The molecule has 1 atom stereocenters. The minimum absolute atomic E-state index is 0.714. The molecule has 80 valence electrons. The Kier molecular flexibility index (Phi) is 10.6. The highest BCUT2D eigenvalue weighted by molar-refractivity contribution is 7.99. The van der Waals surface area contributed by atoms with Crippen LogP contribution in [-0.2, 0) is 0 Å². The van der Waals surface area contributed by atoms with E-state index in [2.05, 4.69) is 37.8 Å². The molecule has 1 nitrogen and oxygen atoms in total. The highest BCUT2D eigenvalue weighted by atomic mass is 32.2. The summed E-state index contributed by atoms with van der Waals surface area (Å²) in [7, 11) is 0. The zero-order valence-electron chi connectivity index (χ0n) is 9.44. The fourth-order valence-corrected chi connectivity index (χ4v) is 1.99. The third-order valence-corrected chi connectivity index (χ3v) is 3.11. The second kappa shape index (κ2) is 10.4. The molecule has 0 heterocycles. The molecule has 0 bridgehead atoms. The lowest BCUT2D eigenvalue weighted by molar-refractivity contribution is 0.496. The molecule has 1 N–H and O–H groups in total. The Hall–Kier alpha value is 0.310. The average Bonchev–Trinajstić information content (AvgIpc) is 2.14. The Balaban J connectivity index is 3.03. The second-order valence-electron chi connectivity index (χ2n) is 3.55. The zero-order chi connectivity index (χ0) is 9.94. The van der Waals surface area contributed by atoms with Crippen molar-refractivity contribution in [2.24, 2.45) is 0 Å². The lowest BCUT2D eigenvalue weighted by Crippen LogP contribution is -2.26. The van der Waals surface area contributed by atoms with Crippen LogP contribution in [0.2, 0.25) is 0 Å². The summed E-state index contributed by atoms with van der Waals surface area (Å²) in [5, 5.41) is 3.52. The van der Waals surface area contributed by atoms with E-state index in [0.29, 0.717) is 6.04 Å². The summed E-state index contributed by atoms with van der Waals surface area (Å²) in [4.78, 5) is 0. The van der Waals surface area contributed by atoms with E-state index in [4.69, 9.17) is 0 Å². The lowest BCUT2D eigenvalue weighted by Gasteiger charge is -2.12. The highest BCUT2D eigenvalue weighted by Crippen LogP contribution is 2.06. The van der Waals surface area contributed by atoms with E-state index in [1.807, 2.05) is 0 Å². The van der Waals surface area contributed by atoms with E-state index in [9.17, 15) is 0 Å². The van der Waals surface area contributed by atoms with E-state index in [1.54, 1.807) is 0 Å². The molecule has 0 aliphatic carbocycles. The van der Waals surface area contributed by atoms with E-state index >= 15 is 0 Å². The molecule has 13 heavy (non-hydrogen) atoms. The zero-order valence-corrected chi connectivity index (χ0v) is 10.3. The van der Waals surface area contributed by atoms with Crippen molar-refractivity contribution in [2.75, 3.05) is 18.1 Å². The van der Waals surface area contributed by atoms with Gasteiger partial charge < -0.3 is 5.32 Å². The minimum Gasteiger partial charge on any atom is -0.314 e. The van der Waals surface area contributed by atoms with Gasteiger partial charge in [0.15, 0.2) is 0 Å². The second-order valence-corrected chi connectivity index (χ2v) is 4.94. The molecule has 0 saturated carbocycles. The predicted molar refractivity (Wildman–Crippen MR) is 64.6 cm³/mol. The van der Waals surface area contributed by atoms with Crippen molar-refractivity contribution >= 4 is 11.8 Å². The van der Waals surface area contributed by atoms with Crippen molar-refractivity contribution < 1.29 is 0 Å². The van der Waals surface area contributed by atoms with Crippen LogP contribution >= 0.6 is 11.8 Å². The van der Waals surface area contributed by atoms with Crippen LogP contribution in [0.3, 0.4) is 0 Å². The van der Waals surface area contributed by atoms with Gasteiger partial charge in [0.2, 0.25) is 0 Å². The summed E-state index contributed by atoms with van der Waals surface area (Å²) in [5.74, 6) is 2.61. The van der Waals surface area contributed by atoms with Crippen molar-refractivity contribution in [3.05, 3.63) is 0 Å². The van der Waals surface area contributed by atoms with E-state index in [-0.39, 0.29) is 0 Å². The third-order valence-electron chi connectivity index (χ3n) is 2.12. The molecule has 0 saturated heterocycles. The van der Waals surface area contributed by atoms with Crippen LogP contribution in [0.5, 0.6) is 0 Å². The number of hydrogen-bond acceptors (Lipinski definition) is 2. The molecule has 0 aliphatic heterocycles. The van der Waals surface area contributed by atoms with Crippen molar-refractivity contribution in [1.82, 2.24) is 5.32 Å². The summed E-state index contributed by atoms with van der Waals surface area (Å²) < 4.78 is 0. The van der Waals surface area contributed by atoms with Gasteiger partial charge in [-0.25, -0.2) is 0 Å². The normalized spacial score (nSPS) is 13.2. The van der Waals surface area contributed by atoms with Gasteiger partial charge in [-0.15, -0.1) is 0 Å². The summed E-state index contributed by atoms with van der Waals surface area (Å²) in [6, 6.07) is 0.714. The summed E-state index contributed by atoms with van der Waals surface area (Å²) >= 11 is 2.06. The first kappa shape index (κ1) is 13.3. The van der Waals surface area contributed by atoms with Crippen molar-refractivity contribution in [3.8, 4) is 0 Å². The van der Waals surface area contributed by atoms with Gasteiger partial charge in [-0.05, 0) is 44.2 Å². The van der Waals surface area contributed by atoms with Crippen LogP contribution in [-0.4, -0.2) is 24.1 Å². The molecule has 0 aromatic rings. The largest absolute Gasteiger partial charge is 0.314 e. The molecule has 1 unspecified atom stereocenters. The number of unbranched alkanes of at least 4 members (excludes halogenated alkanes) is 1. The highest BCUT2D eigenvalue weighted by Gasteiger charge is 1.98. The maximum absolute atomic E-state index is 3.52. The van der Waals surface area contributed by atoms with Gasteiger partial charge in [0.25, 0.3) is 0 Å². The van der Waals surface area contributed by atoms with E-state index < -0.39 is 0 Å². The summed E-state index contributed by atoms with van der Waals surface area (Å²) in [6.07, 6.45) is 5.35. The van der Waals surface area contributed by atoms with Crippen LogP contribution in [0.25, 0.3) is 0 Å². The maximum atomic E-state index is 3.52. The summed E-state index contributed by atoms with van der Waals surface area (Å²) in [5.41, 5.74) is 0. The van der Waals surface area contributed by atoms with Crippen molar-refractivity contribution in [3.63, 3.8) is 0 Å². The van der Waals surface area contributed by atoms with Crippen LogP contribution in [0.1, 0.15) is 46.5 Å². The number of hydrogen-bond donors (Lipinski definition) is 1. The first-order valence-corrected chi connectivity index (χ1v) is 6.77. The molecule has 0 fully saturated rings. The Morgan fingerprint density at radius 3 is 2.62 bits per heavy atom. The lowest BCUT2D eigenvalue weighted by atomic mass is 10.1. The topological polar surface area (TPSA) is 12.0 Å². The SMILES string of the molecule is CCCNC(C)CCCCSCC. The molecule has 0 rings (SSSR count). The molecule has 2 heteroatoms. The van der Waals surface area contributed by atoms with E-state index in [0.717, 1.165) is 0 Å². The quantitative estimate of drug-likeness (QED) is 0.577. The van der Waals surface area contributed by atoms with E-state index in [1.165, 1.54) is 43.7 Å². The fraction of sp³-hybridized carbons (Fsp3) is 1.00. The number of thioether (sulfide) groups is 1. The minimum atomic E-state index is 0.714. The Morgan fingerprint density at radius 1 is 1.23 bits per heavy atom. The van der Waals surface area contributed by atoms with Gasteiger partial charge in [-0.2, -0.15) is 11.8 Å². The van der Waals surface area contributed by atoms with Crippen LogP contribution in [0, 0.1) is 0 Å². The molecular formula is C11H25NS. The summed E-state index contributed by atoms with van der Waals surface area (Å²) in [6.45, 7) is 7.92. The van der Waals surface area contributed by atoms with Crippen LogP contribution in [0.4, 0.5) is 0 Å². The molecule has 0 radical (unpaired) electrons. The molecule has 0 spiro atoms. The predicted octanol–water partition coefficient (Wildman–Crippen LogP) is 3.30. The van der Waals surface area contributed by atoms with Gasteiger partial charge in [0, 0.05) is 6.04 Å². The molecule has 0 aromatic carbocycles. The van der Waals surface area contributed by atoms with Crippen molar-refractivity contribution in [2.45, 2.75) is 52.5 Å². The molecule has 0 amide bonds.